The van der Waals surface area contributed by atoms with Crippen molar-refractivity contribution in [3.05, 3.63) is 29.3 Å². The summed E-state index contributed by atoms with van der Waals surface area (Å²) >= 11 is 0. The van der Waals surface area contributed by atoms with E-state index in [9.17, 15) is 10.2 Å². The molecule has 1 aromatic rings. The van der Waals surface area contributed by atoms with Crippen molar-refractivity contribution >= 4 is 0 Å². The molecule has 0 radical (unpaired) electrons. The van der Waals surface area contributed by atoms with Gasteiger partial charge in [-0.2, -0.15) is 0 Å². The zero-order valence-corrected chi connectivity index (χ0v) is 8.27. The quantitative estimate of drug-likeness (QED) is 0.663. The van der Waals surface area contributed by atoms with Crippen LogP contribution in [0.1, 0.15) is 37.2 Å². The highest BCUT2D eigenvalue weighted by Gasteiger charge is 2.31. The lowest BCUT2D eigenvalue weighted by Gasteiger charge is -2.32. The zero-order chi connectivity index (χ0) is 10.3. The van der Waals surface area contributed by atoms with Crippen LogP contribution in [0.15, 0.2) is 18.2 Å². The summed E-state index contributed by atoms with van der Waals surface area (Å²) < 4.78 is 5.52. The Morgan fingerprint density at radius 2 is 2.00 bits per heavy atom. The number of aliphatic hydroxyl groups is 1. The monoisotopic (exact) mass is 194 g/mol. The van der Waals surface area contributed by atoms with E-state index in [0.29, 0.717) is 5.56 Å². The van der Waals surface area contributed by atoms with Crippen molar-refractivity contribution in [2.45, 2.75) is 32.2 Å². The molecule has 2 N–H and O–H groups in total. The molecule has 1 heterocycles. The molecule has 1 aromatic carbocycles. The van der Waals surface area contributed by atoms with Crippen LogP contribution in [-0.2, 0) is 4.74 Å². The molecule has 0 spiro atoms. The predicted octanol–water partition coefficient (Wildman–Crippen LogP) is 1.91. The minimum atomic E-state index is -0.734. The van der Waals surface area contributed by atoms with Gasteiger partial charge in [-0.3, -0.25) is 0 Å². The Bertz CT molecular complexity index is 348. The van der Waals surface area contributed by atoms with Crippen LogP contribution >= 0.6 is 0 Å². The number of benzene rings is 1. The molecule has 0 saturated carbocycles. The Morgan fingerprint density at radius 1 is 1.29 bits per heavy atom. The summed E-state index contributed by atoms with van der Waals surface area (Å²) in [6.45, 7) is 3.72. The zero-order valence-electron chi connectivity index (χ0n) is 8.27. The van der Waals surface area contributed by atoms with E-state index in [-0.39, 0.29) is 18.0 Å². The number of ether oxygens (including phenoxy) is 1. The Kier molecular flexibility index (Phi) is 2.21. The Hall–Kier alpha value is -1.06. The number of hydrogen-bond donors (Lipinski definition) is 2. The number of aliphatic hydroxyl groups excluding tert-OH is 1. The normalized spacial score (nSPS) is 31.2. The summed E-state index contributed by atoms with van der Waals surface area (Å²) in [6, 6.07) is 5.22. The smallest absolute Gasteiger partial charge is 0.121 e. The summed E-state index contributed by atoms with van der Waals surface area (Å²) in [5.74, 6) is 0.150. The van der Waals surface area contributed by atoms with E-state index in [4.69, 9.17) is 4.74 Å². The van der Waals surface area contributed by atoms with Crippen LogP contribution in [0.2, 0.25) is 0 Å². The first-order chi connectivity index (χ1) is 6.61. The standard InChI is InChI=1S/C11H14O3/c1-6-8-4-3-5-9(12)10(8)11(13)7(2)14-6/h3-7,11-13H,1-2H3/t6-,7-,11-/m0/s1. The minimum absolute atomic E-state index is 0.0736. The van der Waals surface area contributed by atoms with Gasteiger partial charge in [0.2, 0.25) is 0 Å². The molecule has 0 bridgehead atoms. The van der Waals surface area contributed by atoms with E-state index in [0.717, 1.165) is 5.56 Å². The Balaban J connectivity index is 2.56. The summed E-state index contributed by atoms with van der Waals surface area (Å²) in [7, 11) is 0. The first-order valence-electron chi connectivity index (χ1n) is 4.76. The summed E-state index contributed by atoms with van der Waals surface area (Å²) in [4.78, 5) is 0. The van der Waals surface area contributed by atoms with Gasteiger partial charge in [0.1, 0.15) is 11.9 Å². The number of phenols is 1. The maximum Gasteiger partial charge on any atom is 0.121 e. The highest BCUT2D eigenvalue weighted by Crippen LogP contribution is 2.40. The van der Waals surface area contributed by atoms with Crippen molar-refractivity contribution in [2.75, 3.05) is 0 Å². The third kappa shape index (κ3) is 1.29. The second kappa shape index (κ2) is 3.26. The van der Waals surface area contributed by atoms with Gasteiger partial charge < -0.3 is 14.9 Å². The van der Waals surface area contributed by atoms with Crippen LogP contribution in [0.3, 0.4) is 0 Å². The maximum absolute atomic E-state index is 9.84. The fraction of sp³-hybridized carbons (Fsp3) is 0.455. The third-order valence-corrected chi connectivity index (χ3v) is 2.71. The summed E-state index contributed by atoms with van der Waals surface area (Å²) in [5, 5.41) is 19.5. The first kappa shape index (κ1) is 9.49. The molecule has 0 unspecified atom stereocenters. The number of aromatic hydroxyl groups is 1. The van der Waals surface area contributed by atoms with Crippen molar-refractivity contribution in [1.29, 1.82) is 0 Å². The molecule has 14 heavy (non-hydrogen) atoms. The molecule has 2 rings (SSSR count). The average Bonchev–Trinajstić information content (AvgIpc) is 2.14. The van der Waals surface area contributed by atoms with E-state index in [1.54, 1.807) is 19.1 Å². The molecule has 0 amide bonds. The predicted molar refractivity (Wildman–Crippen MR) is 52.0 cm³/mol. The molecule has 0 aromatic heterocycles. The number of fused-ring (bicyclic) bond motifs is 1. The van der Waals surface area contributed by atoms with Crippen molar-refractivity contribution in [3.8, 4) is 5.75 Å². The molecular formula is C11H14O3. The van der Waals surface area contributed by atoms with Gasteiger partial charge in [-0.15, -0.1) is 0 Å². The number of hydrogen-bond acceptors (Lipinski definition) is 3. The van der Waals surface area contributed by atoms with Gasteiger partial charge in [0, 0.05) is 5.56 Å². The molecule has 1 aliphatic heterocycles. The van der Waals surface area contributed by atoms with Crippen LogP contribution in [-0.4, -0.2) is 16.3 Å². The fourth-order valence-corrected chi connectivity index (χ4v) is 1.95. The van der Waals surface area contributed by atoms with E-state index in [1.165, 1.54) is 0 Å². The van der Waals surface area contributed by atoms with Crippen molar-refractivity contribution in [1.82, 2.24) is 0 Å². The molecular weight excluding hydrogens is 180 g/mol. The third-order valence-electron chi connectivity index (χ3n) is 2.71. The second-order valence-corrected chi connectivity index (χ2v) is 3.71. The van der Waals surface area contributed by atoms with E-state index < -0.39 is 6.10 Å². The van der Waals surface area contributed by atoms with Gasteiger partial charge in [0.25, 0.3) is 0 Å². The van der Waals surface area contributed by atoms with Crippen LogP contribution in [0.25, 0.3) is 0 Å². The maximum atomic E-state index is 9.84. The lowest BCUT2D eigenvalue weighted by molar-refractivity contribution is -0.0816. The van der Waals surface area contributed by atoms with Crippen LogP contribution < -0.4 is 0 Å². The van der Waals surface area contributed by atoms with Crippen molar-refractivity contribution < 1.29 is 14.9 Å². The molecule has 3 nitrogen and oxygen atoms in total. The SMILES string of the molecule is C[C@@H]1O[C@@H](C)[C@H](O)c2c(O)cccc21. The fourth-order valence-electron chi connectivity index (χ4n) is 1.95. The molecule has 0 aliphatic carbocycles. The molecule has 0 fully saturated rings. The lowest BCUT2D eigenvalue weighted by atomic mass is 9.92. The molecule has 1 aliphatic rings. The topological polar surface area (TPSA) is 49.7 Å². The number of phenolic OH excluding ortho intramolecular Hbond substituents is 1. The summed E-state index contributed by atoms with van der Waals surface area (Å²) in [6.07, 6.45) is -1.08. The first-order valence-corrected chi connectivity index (χ1v) is 4.76. The van der Waals surface area contributed by atoms with Gasteiger partial charge >= 0.3 is 0 Å². The highest BCUT2D eigenvalue weighted by atomic mass is 16.5. The van der Waals surface area contributed by atoms with E-state index >= 15 is 0 Å². The molecule has 3 atom stereocenters. The van der Waals surface area contributed by atoms with Crippen LogP contribution in [0, 0.1) is 0 Å². The molecule has 0 saturated heterocycles. The van der Waals surface area contributed by atoms with Gasteiger partial charge in [0.15, 0.2) is 0 Å². The van der Waals surface area contributed by atoms with Gasteiger partial charge in [-0.25, -0.2) is 0 Å². The molecule has 3 heteroatoms. The highest BCUT2D eigenvalue weighted by molar-refractivity contribution is 5.43. The van der Waals surface area contributed by atoms with Gasteiger partial charge in [-0.1, -0.05) is 12.1 Å². The van der Waals surface area contributed by atoms with E-state index in [1.807, 2.05) is 13.0 Å². The minimum Gasteiger partial charge on any atom is -0.508 e. The van der Waals surface area contributed by atoms with Crippen LogP contribution in [0.4, 0.5) is 0 Å². The van der Waals surface area contributed by atoms with Gasteiger partial charge in [0.05, 0.1) is 12.2 Å². The van der Waals surface area contributed by atoms with Gasteiger partial charge in [-0.05, 0) is 25.5 Å². The Labute approximate surface area is 83.0 Å². The summed E-state index contributed by atoms with van der Waals surface area (Å²) in [5.41, 5.74) is 1.48. The molecule has 76 valence electrons. The lowest BCUT2D eigenvalue weighted by Crippen LogP contribution is -2.27. The Morgan fingerprint density at radius 3 is 2.71 bits per heavy atom. The van der Waals surface area contributed by atoms with Crippen molar-refractivity contribution in [2.24, 2.45) is 0 Å². The van der Waals surface area contributed by atoms with Crippen LogP contribution in [0.5, 0.6) is 5.75 Å². The average molecular weight is 194 g/mol. The largest absolute Gasteiger partial charge is 0.508 e. The number of rotatable bonds is 0. The van der Waals surface area contributed by atoms with Crippen molar-refractivity contribution in [3.63, 3.8) is 0 Å². The van der Waals surface area contributed by atoms with E-state index in [2.05, 4.69) is 0 Å². The second-order valence-electron chi connectivity index (χ2n) is 3.71.